The van der Waals surface area contributed by atoms with E-state index in [2.05, 4.69) is 37.0 Å². The number of benzene rings is 1. The Morgan fingerprint density at radius 2 is 2.15 bits per heavy atom. The minimum Gasteiger partial charge on any atom is -0.369 e. The van der Waals surface area contributed by atoms with Gasteiger partial charge in [-0.3, -0.25) is 14.2 Å². The Hall–Kier alpha value is -2.28. The van der Waals surface area contributed by atoms with Crippen molar-refractivity contribution in [3.8, 4) is 5.69 Å². The van der Waals surface area contributed by atoms with E-state index in [0.717, 1.165) is 29.2 Å². The lowest BCUT2D eigenvalue weighted by Gasteiger charge is -2.31. The Morgan fingerprint density at radius 1 is 1.35 bits per heavy atom. The second kappa shape index (κ2) is 7.95. The third-order valence-corrected chi connectivity index (χ3v) is 5.67. The van der Waals surface area contributed by atoms with Gasteiger partial charge in [-0.2, -0.15) is 0 Å². The quantitative estimate of drug-likeness (QED) is 0.817. The van der Waals surface area contributed by atoms with E-state index in [1.54, 1.807) is 11.1 Å². The summed E-state index contributed by atoms with van der Waals surface area (Å²) in [6.45, 7) is 5.26. The molecule has 6 nitrogen and oxygen atoms in total. The average Bonchev–Trinajstić information content (AvgIpc) is 3.08. The molecule has 1 aromatic carbocycles. The molecule has 0 unspecified atom stereocenters. The number of hydrogen-bond donors (Lipinski definition) is 1. The Kier molecular flexibility index (Phi) is 5.66. The van der Waals surface area contributed by atoms with Crippen molar-refractivity contribution >= 4 is 23.6 Å². The number of piperidine rings is 1. The van der Waals surface area contributed by atoms with Gasteiger partial charge in [-0.05, 0) is 38.3 Å². The lowest BCUT2D eigenvalue weighted by molar-refractivity contribution is -0.132. The van der Waals surface area contributed by atoms with Crippen LogP contribution in [0, 0.1) is 19.8 Å². The maximum Gasteiger partial charge on any atom is 0.233 e. The van der Waals surface area contributed by atoms with Gasteiger partial charge < -0.3 is 10.6 Å². The molecule has 2 N–H and O–H groups in total. The number of nitrogens with two attached hydrogens (primary N) is 1. The highest BCUT2D eigenvalue weighted by atomic mass is 32.2. The smallest absolute Gasteiger partial charge is 0.233 e. The average molecular weight is 372 g/mol. The van der Waals surface area contributed by atoms with Crippen LogP contribution in [-0.4, -0.2) is 45.1 Å². The maximum absolute atomic E-state index is 12.5. The van der Waals surface area contributed by atoms with Crippen molar-refractivity contribution in [2.45, 2.75) is 31.8 Å². The molecule has 1 saturated heterocycles. The normalized spacial score (nSPS) is 17.3. The van der Waals surface area contributed by atoms with E-state index in [9.17, 15) is 9.59 Å². The van der Waals surface area contributed by atoms with Gasteiger partial charge in [0, 0.05) is 25.5 Å². The summed E-state index contributed by atoms with van der Waals surface area (Å²) in [7, 11) is 0. The molecule has 0 bridgehead atoms. The van der Waals surface area contributed by atoms with Gasteiger partial charge in [0.2, 0.25) is 11.8 Å². The van der Waals surface area contributed by atoms with Gasteiger partial charge >= 0.3 is 0 Å². The summed E-state index contributed by atoms with van der Waals surface area (Å²) >= 11 is 1.42. The standard InChI is InChI=1S/C19H24N4O2S/c1-13-5-6-16(14(2)10-13)23-9-7-21-19(23)26-12-17(24)22-8-3-4-15(11-22)18(20)25/h5-7,9-10,15H,3-4,8,11-12H2,1-2H3,(H2,20,25)/t15-/m0/s1. The van der Waals surface area contributed by atoms with Crippen LogP contribution in [0.4, 0.5) is 0 Å². The number of carbonyl (C=O) groups excluding carboxylic acids is 2. The summed E-state index contributed by atoms with van der Waals surface area (Å²) in [5.74, 6) is -0.223. The molecule has 3 rings (SSSR count). The molecule has 0 saturated carbocycles. The zero-order chi connectivity index (χ0) is 18.7. The summed E-state index contributed by atoms with van der Waals surface area (Å²) < 4.78 is 2.01. The summed E-state index contributed by atoms with van der Waals surface area (Å²) in [6.07, 6.45) is 5.25. The highest BCUT2D eigenvalue weighted by Gasteiger charge is 2.27. The molecule has 1 atom stereocenters. The first kappa shape index (κ1) is 18.5. The SMILES string of the molecule is Cc1ccc(-n2ccnc2SCC(=O)N2CCC[C@H](C(N)=O)C2)c(C)c1. The van der Waals surface area contributed by atoms with Crippen molar-refractivity contribution in [1.82, 2.24) is 14.5 Å². The number of likely N-dealkylation sites (tertiary alicyclic amines) is 1. The van der Waals surface area contributed by atoms with Gasteiger partial charge in [0.1, 0.15) is 0 Å². The molecule has 138 valence electrons. The summed E-state index contributed by atoms with van der Waals surface area (Å²) in [5, 5.41) is 0.786. The molecule has 1 aliphatic heterocycles. The van der Waals surface area contributed by atoms with E-state index in [1.807, 2.05) is 10.8 Å². The Morgan fingerprint density at radius 3 is 2.88 bits per heavy atom. The van der Waals surface area contributed by atoms with E-state index in [0.29, 0.717) is 18.8 Å². The van der Waals surface area contributed by atoms with E-state index in [-0.39, 0.29) is 17.7 Å². The number of rotatable bonds is 5. The minimum atomic E-state index is -0.319. The fourth-order valence-electron chi connectivity index (χ4n) is 3.31. The Balaban J connectivity index is 1.66. The number of carbonyl (C=O) groups is 2. The van der Waals surface area contributed by atoms with Crippen LogP contribution in [0.15, 0.2) is 35.7 Å². The first-order chi connectivity index (χ1) is 12.5. The zero-order valence-corrected chi connectivity index (χ0v) is 16.0. The molecule has 2 amide bonds. The van der Waals surface area contributed by atoms with Crippen LogP contribution in [0.3, 0.4) is 0 Å². The maximum atomic E-state index is 12.5. The van der Waals surface area contributed by atoms with Crippen molar-refractivity contribution in [1.29, 1.82) is 0 Å². The van der Waals surface area contributed by atoms with E-state index < -0.39 is 0 Å². The number of hydrogen-bond acceptors (Lipinski definition) is 4. The van der Waals surface area contributed by atoms with Crippen LogP contribution < -0.4 is 5.73 Å². The number of aryl methyl sites for hydroxylation is 2. The molecule has 0 radical (unpaired) electrons. The molecular formula is C19H24N4O2S. The first-order valence-electron chi connectivity index (χ1n) is 8.76. The molecule has 0 aliphatic carbocycles. The van der Waals surface area contributed by atoms with Gasteiger partial charge in [0.05, 0.1) is 17.4 Å². The van der Waals surface area contributed by atoms with Crippen molar-refractivity contribution in [2.75, 3.05) is 18.8 Å². The number of nitrogens with zero attached hydrogens (tertiary/aromatic N) is 3. The van der Waals surface area contributed by atoms with Crippen molar-refractivity contribution in [2.24, 2.45) is 11.7 Å². The van der Waals surface area contributed by atoms with Crippen LogP contribution in [0.25, 0.3) is 5.69 Å². The minimum absolute atomic E-state index is 0.0242. The van der Waals surface area contributed by atoms with E-state index >= 15 is 0 Å². The molecule has 2 heterocycles. The number of aromatic nitrogens is 2. The third-order valence-electron chi connectivity index (χ3n) is 4.72. The number of thioether (sulfide) groups is 1. The molecule has 1 aliphatic rings. The lowest BCUT2D eigenvalue weighted by Crippen LogP contribution is -2.44. The van der Waals surface area contributed by atoms with Crippen molar-refractivity contribution in [3.63, 3.8) is 0 Å². The fraction of sp³-hybridized carbons (Fsp3) is 0.421. The Labute approximate surface area is 157 Å². The number of amides is 2. The predicted octanol–water partition coefficient (Wildman–Crippen LogP) is 2.31. The topological polar surface area (TPSA) is 81.2 Å². The van der Waals surface area contributed by atoms with Crippen molar-refractivity contribution < 1.29 is 9.59 Å². The van der Waals surface area contributed by atoms with Gasteiger partial charge in [-0.25, -0.2) is 4.98 Å². The molecule has 26 heavy (non-hydrogen) atoms. The number of primary amides is 1. The second-order valence-corrected chi connectivity index (χ2v) is 7.68. The van der Waals surface area contributed by atoms with E-state index in [1.165, 1.54) is 17.3 Å². The molecule has 1 fully saturated rings. The van der Waals surface area contributed by atoms with Gasteiger partial charge in [0.25, 0.3) is 0 Å². The zero-order valence-electron chi connectivity index (χ0n) is 15.1. The largest absolute Gasteiger partial charge is 0.369 e. The van der Waals surface area contributed by atoms with Crippen LogP contribution in [0.2, 0.25) is 0 Å². The molecule has 1 aromatic heterocycles. The lowest BCUT2D eigenvalue weighted by atomic mass is 9.97. The summed E-state index contributed by atoms with van der Waals surface area (Å²) in [6, 6.07) is 6.27. The molecule has 7 heteroatoms. The van der Waals surface area contributed by atoms with Crippen LogP contribution in [0.5, 0.6) is 0 Å². The van der Waals surface area contributed by atoms with Crippen LogP contribution >= 0.6 is 11.8 Å². The monoisotopic (exact) mass is 372 g/mol. The molecule has 2 aromatic rings. The van der Waals surface area contributed by atoms with Gasteiger partial charge in [-0.1, -0.05) is 29.5 Å². The fourth-order valence-corrected chi connectivity index (χ4v) is 4.18. The van der Waals surface area contributed by atoms with E-state index in [4.69, 9.17) is 5.73 Å². The second-order valence-electron chi connectivity index (χ2n) is 6.74. The molecular weight excluding hydrogens is 348 g/mol. The van der Waals surface area contributed by atoms with Crippen LogP contribution in [-0.2, 0) is 9.59 Å². The highest BCUT2D eigenvalue weighted by Crippen LogP contribution is 2.24. The van der Waals surface area contributed by atoms with Crippen LogP contribution in [0.1, 0.15) is 24.0 Å². The summed E-state index contributed by atoms with van der Waals surface area (Å²) in [5.41, 5.74) is 8.84. The van der Waals surface area contributed by atoms with Gasteiger partial charge in [-0.15, -0.1) is 0 Å². The van der Waals surface area contributed by atoms with Gasteiger partial charge in [0.15, 0.2) is 5.16 Å². The highest BCUT2D eigenvalue weighted by molar-refractivity contribution is 7.99. The first-order valence-corrected chi connectivity index (χ1v) is 9.75. The molecule has 0 spiro atoms. The Bertz CT molecular complexity index is 818. The number of imidazole rings is 1. The third kappa shape index (κ3) is 4.09. The summed E-state index contributed by atoms with van der Waals surface area (Å²) in [4.78, 5) is 30.1. The predicted molar refractivity (Wildman–Crippen MR) is 102 cm³/mol. The van der Waals surface area contributed by atoms with Crippen molar-refractivity contribution in [3.05, 3.63) is 41.7 Å².